The second-order valence-corrected chi connectivity index (χ2v) is 4.64. The van der Waals surface area contributed by atoms with Crippen LogP contribution in [0.1, 0.15) is 23.7 Å². The Balaban J connectivity index is 2.16. The summed E-state index contributed by atoms with van der Waals surface area (Å²) in [4.78, 5) is 13.5. The molecule has 0 aliphatic carbocycles. The fraction of sp³-hybridized carbons (Fsp3) is 0.462. The summed E-state index contributed by atoms with van der Waals surface area (Å²) in [5.41, 5.74) is -0.249. The van der Waals surface area contributed by atoms with Crippen LogP contribution < -0.4 is 0 Å². The van der Waals surface area contributed by atoms with E-state index < -0.39 is 23.6 Å². The maximum atomic E-state index is 13.5. The van der Waals surface area contributed by atoms with Crippen LogP contribution in [0.5, 0.6) is 0 Å². The van der Waals surface area contributed by atoms with E-state index in [1.807, 2.05) is 0 Å². The lowest BCUT2D eigenvalue weighted by atomic mass is 10.0. The predicted molar refractivity (Wildman–Crippen MR) is 62.0 cm³/mol. The molecule has 3 nitrogen and oxygen atoms in total. The smallest absolute Gasteiger partial charge is 0.256 e. The number of aliphatic hydroxyl groups excluding tert-OH is 1. The Bertz CT molecular complexity index is 462. The van der Waals surface area contributed by atoms with Gasteiger partial charge in [0.2, 0.25) is 0 Å². The molecule has 1 aliphatic rings. The molecule has 1 fully saturated rings. The number of nitrogens with zero attached hydrogens (tertiary/aromatic N) is 1. The topological polar surface area (TPSA) is 40.5 Å². The van der Waals surface area contributed by atoms with Gasteiger partial charge in [0.25, 0.3) is 5.91 Å². The molecule has 0 saturated carbocycles. The lowest BCUT2D eigenvalue weighted by molar-refractivity contribution is 0.0757. The maximum Gasteiger partial charge on any atom is 0.256 e. The Kier molecular flexibility index (Phi) is 3.61. The molecule has 1 amide bonds. The van der Waals surface area contributed by atoms with Crippen LogP contribution in [-0.2, 0) is 0 Å². The minimum Gasteiger partial charge on any atom is -0.393 e. The van der Waals surface area contributed by atoms with Crippen molar-refractivity contribution in [3.05, 3.63) is 35.4 Å². The molecule has 0 radical (unpaired) electrons. The van der Waals surface area contributed by atoms with Crippen LogP contribution in [0, 0.1) is 17.6 Å². The molecule has 1 N–H and O–H groups in total. The maximum absolute atomic E-state index is 13.5. The van der Waals surface area contributed by atoms with Gasteiger partial charge in [-0.15, -0.1) is 0 Å². The van der Waals surface area contributed by atoms with E-state index in [0.29, 0.717) is 19.5 Å². The van der Waals surface area contributed by atoms with E-state index in [9.17, 15) is 18.7 Å². The first-order chi connectivity index (χ1) is 8.50. The zero-order valence-corrected chi connectivity index (χ0v) is 10.1. The number of hydrogen-bond acceptors (Lipinski definition) is 2. The van der Waals surface area contributed by atoms with Crippen LogP contribution in [0.2, 0.25) is 0 Å². The van der Waals surface area contributed by atoms with E-state index in [4.69, 9.17) is 0 Å². The van der Waals surface area contributed by atoms with Gasteiger partial charge in [0.05, 0.1) is 11.7 Å². The summed E-state index contributed by atoms with van der Waals surface area (Å²) in [5.74, 6) is -2.64. The largest absolute Gasteiger partial charge is 0.393 e. The van der Waals surface area contributed by atoms with Crippen LogP contribution in [0.15, 0.2) is 18.2 Å². The molecular weight excluding hydrogens is 240 g/mol. The van der Waals surface area contributed by atoms with Gasteiger partial charge in [0, 0.05) is 19.0 Å². The molecule has 2 unspecified atom stereocenters. The highest BCUT2D eigenvalue weighted by atomic mass is 19.2. The molecule has 1 aromatic carbocycles. The van der Waals surface area contributed by atoms with Crippen LogP contribution in [0.4, 0.5) is 8.78 Å². The van der Waals surface area contributed by atoms with Gasteiger partial charge in [0.15, 0.2) is 11.6 Å². The van der Waals surface area contributed by atoms with E-state index in [0.717, 1.165) is 6.07 Å². The third-order valence-electron chi connectivity index (χ3n) is 3.38. The summed E-state index contributed by atoms with van der Waals surface area (Å²) in [7, 11) is 0. The Morgan fingerprint density at radius 1 is 1.50 bits per heavy atom. The zero-order valence-electron chi connectivity index (χ0n) is 10.1. The quantitative estimate of drug-likeness (QED) is 0.875. The molecular formula is C13H15F2NO2. The van der Waals surface area contributed by atoms with Gasteiger partial charge in [-0.3, -0.25) is 4.79 Å². The second-order valence-electron chi connectivity index (χ2n) is 4.64. The SMILES string of the molecule is CC(O)C1CCN(C(=O)c2cccc(F)c2F)C1. The Labute approximate surface area is 104 Å². The highest BCUT2D eigenvalue weighted by Gasteiger charge is 2.31. The molecule has 1 saturated heterocycles. The van der Waals surface area contributed by atoms with Crippen LogP contribution in [0.3, 0.4) is 0 Å². The van der Waals surface area contributed by atoms with Crippen LogP contribution in [0.25, 0.3) is 0 Å². The first-order valence-electron chi connectivity index (χ1n) is 5.92. The van der Waals surface area contributed by atoms with Crippen molar-refractivity contribution in [2.45, 2.75) is 19.4 Å². The van der Waals surface area contributed by atoms with Gasteiger partial charge in [-0.1, -0.05) is 6.07 Å². The van der Waals surface area contributed by atoms with Crippen molar-refractivity contribution in [3.8, 4) is 0 Å². The average molecular weight is 255 g/mol. The number of hydrogen-bond donors (Lipinski definition) is 1. The Morgan fingerprint density at radius 2 is 2.22 bits per heavy atom. The van der Waals surface area contributed by atoms with E-state index in [1.54, 1.807) is 6.92 Å². The highest BCUT2D eigenvalue weighted by molar-refractivity contribution is 5.94. The number of halogens is 2. The molecule has 18 heavy (non-hydrogen) atoms. The lowest BCUT2D eigenvalue weighted by Crippen LogP contribution is -2.31. The third kappa shape index (κ3) is 2.36. The standard InChI is InChI=1S/C13H15F2NO2/c1-8(17)9-5-6-16(7-9)13(18)10-3-2-4-11(14)12(10)15/h2-4,8-9,17H,5-7H2,1H3. The second kappa shape index (κ2) is 5.02. The molecule has 5 heteroatoms. The van der Waals surface area contributed by atoms with Gasteiger partial charge in [-0.05, 0) is 25.5 Å². The normalized spacial score (nSPS) is 21.1. The van der Waals surface area contributed by atoms with Crippen molar-refractivity contribution in [1.29, 1.82) is 0 Å². The van der Waals surface area contributed by atoms with Gasteiger partial charge in [-0.2, -0.15) is 0 Å². The molecule has 1 aromatic rings. The molecule has 98 valence electrons. The fourth-order valence-electron chi connectivity index (χ4n) is 2.20. The molecule has 1 heterocycles. The third-order valence-corrected chi connectivity index (χ3v) is 3.38. The number of aliphatic hydroxyl groups is 1. The van der Waals surface area contributed by atoms with Crippen molar-refractivity contribution in [2.24, 2.45) is 5.92 Å². The number of rotatable bonds is 2. The van der Waals surface area contributed by atoms with Crippen molar-refractivity contribution in [1.82, 2.24) is 4.90 Å². The van der Waals surface area contributed by atoms with E-state index in [-0.39, 0.29) is 11.5 Å². The van der Waals surface area contributed by atoms with Crippen molar-refractivity contribution < 1.29 is 18.7 Å². The van der Waals surface area contributed by atoms with E-state index in [2.05, 4.69) is 0 Å². The number of carbonyl (C=O) groups excluding carboxylic acids is 1. The molecule has 2 atom stereocenters. The van der Waals surface area contributed by atoms with Crippen LogP contribution in [-0.4, -0.2) is 35.1 Å². The van der Waals surface area contributed by atoms with Crippen molar-refractivity contribution in [2.75, 3.05) is 13.1 Å². The van der Waals surface area contributed by atoms with E-state index >= 15 is 0 Å². The number of amides is 1. The summed E-state index contributed by atoms with van der Waals surface area (Å²) in [5, 5.41) is 9.45. The average Bonchev–Trinajstić information content (AvgIpc) is 2.81. The monoisotopic (exact) mass is 255 g/mol. The van der Waals surface area contributed by atoms with Gasteiger partial charge >= 0.3 is 0 Å². The van der Waals surface area contributed by atoms with Crippen molar-refractivity contribution in [3.63, 3.8) is 0 Å². The van der Waals surface area contributed by atoms with Crippen LogP contribution >= 0.6 is 0 Å². The summed E-state index contributed by atoms with van der Waals surface area (Å²) in [6.45, 7) is 2.51. The molecule has 2 rings (SSSR count). The van der Waals surface area contributed by atoms with E-state index in [1.165, 1.54) is 17.0 Å². The number of likely N-dealkylation sites (tertiary alicyclic amines) is 1. The first-order valence-corrected chi connectivity index (χ1v) is 5.92. The van der Waals surface area contributed by atoms with Gasteiger partial charge in [0.1, 0.15) is 0 Å². The molecule has 0 aromatic heterocycles. The lowest BCUT2D eigenvalue weighted by Gasteiger charge is -2.18. The van der Waals surface area contributed by atoms with Crippen molar-refractivity contribution >= 4 is 5.91 Å². The molecule has 1 aliphatic heterocycles. The minimum absolute atomic E-state index is 0.00516. The summed E-state index contributed by atoms with van der Waals surface area (Å²) in [6, 6.07) is 3.57. The number of benzene rings is 1. The molecule has 0 spiro atoms. The minimum atomic E-state index is -1.11. The zero-order chi connectivity index (χ0) is 13.3. The molecule has 0 bridgehead atoms. The predicted octanol–water partition coefficient (Wildman–Crippen LogP) is 1.81. The Morgan fingerprint density at radius 3 is 2.83 bits per heavy atom. The summed E-state index contributed by atoms with van der Waals surface area (Å²) < 4.78 is 26.5. The van der Waals surface area contributed by atoms with Gasteiger partial charge < -0.3 is 10.0 Å². The van der Waals surface area contributed by atoms with Gasteiger partial charge in [-0.25, -0.2) is 8.78 Å². The fourth-order valence-corrected chi connectivity index (χ4v) is 2.20. The summed E-state index contributed by atoms with van der Waals surface area (Å²) in [6.07, 6.45) is 0.181. The summed E-state index contributed by atoms with van der Waals surface area (Å²) >= 11 is 0. The Hall–Kier alpha value is -1.49. The number of carbonyl (C=O) groups is 1. The highest BCUT2D eigenvalue weighted by Crippen LogP contribution is 2.22. The first kappa shape index (κ1) is 13.0.